The van der Waals surface area contributed by atoms with Crippen molar-refractivity contribution >= 4 is 23.6 Å². The van der Waals surface area contributed by atoms with Crippen LogP contribution < -0.4 is 43.5 Å². The van der Waals surface area contributed by atoms with E-state index in [-0.39, 0.29) is 134 Å². The van der Waals surface area contributed by atoms with Crippen molar-refractivity contribution in [3.05, 3.63) is 137 Å². The highest BCUT2D eigenvalue weighted by atomic mass is 16.5. The van der Waals surface area contributed by atoms with Crippen LogP contribution in [0.4, 0.5) is 0 Å². The Morgan fingerprint density at radius 1 is 0.385 bits per heavy atom. The Labute approximate surface area is 369 Å². The number of carbonyl (C=O) groups excluding carboxylic acids is 4. The third-order valence-electron chi connectivity index (χ3n) is 9.35. The van der Waals surface area contributed by atoms with Crippen molar-refractivity contribution in [2.24, 2.45) is 0 Å². The van der Waals surface area contributed by atoms with Crippen molar-refractivity contribution in [1.82, 2.24) is 50.0 Å². The Kier molecular flexibility index (Phi) is 20.4. The standard InChI is InChI=1S/C40H52N10O15/c51-33-9-1-5-29(47(33)59)37(55)41-13-17-45(18-14-42-38(56)30-6-2-10-34(52)48(30)60)21-23-63-25-27-65-28-26-64-24-22-46(19-15-43-39(57)31-7-3-11-35(53)49(31)61)20-16-44-40(58)32-8-4-12-36(54)50(32)62/h1-12,59-62H,13-28H2,(H,41,55)(H,42,56)(H,43,57)(H,44,58). The van der Waals surface area contributed by atoms with Gasteiger partial charge in [-0.05, 0) is 24.3 Å². The number of ether oxygens (including phenoxy) is 3. The monoisotopic (exact) mass is 912 g/mol. The maximum atomic E-state index is 12.6. The van der Waals surface area contributed by atoms with Gasteiger partial charge >= 0.3 is 0 Å². The van der Waals surface area contributed by atoms with Crippen LogP contribution in [0, 0.1) is 0 Å². The third kappa shape index (κ3) is 16.1. The maximum absolute atomic E-state index is 12.6. The molecule has 65 heavy (non-hydrogen) atoms. The number of amides is 4. The molecule has 0 aliphatic carbocycles. The number of aromatic nitrogens is 4. The van der Waals surface area contributed by atoms with E-state index in [1.54, 1.807) is 0 Å². The van der Waals surface area contributed by atoms with Crippen molar-refractivity contribution in [2.75, 3.05) is 105 Å². The van der Waals surface area contributed by atoms with Crippen LogP contribution in [0.15, 0.2) is 92.0 Å². The van der Waals surface area contributed by atoms with Crippen LogP contribution in [0.25, 0.3) is 0 Å². The minimum atomic E-state index is -0.769. The van der Waals surface area contributed by atoms with Gasteiger partial charge in [0.1, 0.15) is 22.8 Å². The Morgan fingerprint density at radius 2 is 0.615 bits per heavy atom. The van der Waals surface area contributed by atoms with Gasteiger partial charge in [-0.3, -0.25) is 48.2 Å². The highest BCUT2D eigenvalue weighted by Gasteiger charge is 2.17. The molecule has 4 heterocycles. The molecule has 0 aliphatic heterocycles. The Bertz CT molecular complexity index is 2130. The van der Waals surface area contributed by atoms with Crippen molar-refractivity contribution in [2.45, 2.75) is 0 Å². The SMILES string of the molecule is O=C(NCCN(CCNC(=O)c1cccc(=O)n1O)CCOCCOCCOCCN(CCNC(=O)c1cccc(=O)n1O)CCNC(=O)c1cccc(=O)n1O)c1cccc(=O)n1O. The molecule has 4 rings (SSSR count). The molecule has 0 spiro atoms. The summed E-state index contributed by atoms with van der Waals surface area (Å²) in [6, 6.07) is 14.9. The summed E-state index contributed by atoms with van der Waals surface area (Å²) in [7, 11) is 0. The van der Waals surface area contributed by atoms with Crippen LogP contribution in [0.1, 0.15) is 42.0 Å². The van der Waals surface area contributed by atoms with Crippen molar-refractivity contribution in [3.8, 4) is 0 Å². The van der Waals surface area contributed by atoms with Gasteiger partial charge in [0.25, 0.3) is 45.9 Å². The normalized spacial score (nSPS) is 11.1. The van der Waals surface area contributed by atoms with E-state index in [4.69, 9.17) is 14.2 Å². The molecule has 0 saturated carbocycles. The van der Waals surface area contributed by atoms with E-state index in [0.29, 0.717) is 13.1 Å². The van der Waals surface area contributed by atoms with Gasteiger partial charge in [-0.2, -0.15) is 0 Å². The summed E-state index contributed by atoms with van der Waals surface area (Å²) in [5.41, 5.74) is -4.07. The quantitative estimate of drug-likeness (QED) is 0.0207. The number of pyridine rings is 4. The fourth-order valence-electron chi connectivity index (χ4n) is 5.89. The molecule has 4 aromatic heterocycles. The first-order chi connectivity index (χ1) is 31.3. The summed E-state index contributed by atoms with van der Waals surface area (Å²) in [6.07, 6.45) is 0. The largest absolute Gasteiger partial charge is 0.425 e. The predicted molar refractivity (Wildman–Crippen MR) is 226 cm³/mol. The molecule has 0 bridgehead atoms. The molecule has 4 amide bonds. The van der Waals surface area contributed by atoms with Gasteiger partial charge in [0, 0.05) is 89.7 Å². The van der Waals surface area contributed by atoms with Crippen molar-refractivity contribution < 1.29 is 54.2 Å². The van der Waals surface area contributed by atoms with Gasteiger partial charge < -0.3 is 56.3 Å². The van der Waals surface area contributed by atoms with Gasteiger partial charge in [0.15, 0.2) is 0 Å². The van der Waals surface area contributed by atoms with Gasteiger partial charge in [0.2, 0.25) is 0 Å². The molecule has 0 atom stereocenters. The number of carbonyl (C=O) groups is 4. The van der Waals surface area contributed by atoms with Gasteiger partial charge in [-0.25, -0.2) is 0 Å². The number of nitrogens with zero attached hydrogens (tertiary/aromatic N) is 6. The molecule has 0 radical (unpaired) electrons. The molecule has 0 aromatic carbocycles. The van der Waals surface area contributed by atoms with Crippen molar-refractivity contribution in [3.63, 3.8) is 0 Å². The predicted octanol–water partition coefficient (Wildman–Crippen LogP) is -3.04. The molecule has 0 fully saturated rings. The second kappa shape index (κ2) is 26.3. The number of hydrogen-bond donors (Lipinski definition) is 8. The average molecular weight is 913 g/mol. The van der Waals surface area contributed by atoms with E-state index >= 15 is 0 Å². The summed E-state index contributed by atoms with van der Waals surface area (Å²) in [4.78, 5) is 101. The molecule has 4 aromatic rings. The van der Waals surface area contributed by atoms with Crippen LogP contribution in [0.2, 0.25) is 0 Å². The summed E-state index contributed by atoms with van der Waals surface area (Å²) < 4.78 is 18.0. The van der Waals surface area contributed by atoms with Crippen LogP contribution >= 0.6 is 0 Å². The lowest BCUT2D eigenvalue weighted by Crippen LogP contribution is -2.42. The molecule has 8 N–H and O–H groups in total. The average Bonchev–Trinajstić information content (AvgIpc) is 3.28. The van der Waals surface area contributed by atoms with Crippen LogP contribution in [-0.4, -0.2) is 178 Å². The molecule has 25 heteroatoms. The fraction of sp³-hybridized carbons (Fsp3) is 0.400. The highest BCUT2D eigenvalue weighted by Crippen LogP contribution is 1.99. The van der Waals surface area contributed by atoms with E-state index < -0.39 is 45.9 Å². The Balaban J connectivity index is 1.16. The van der Waals surface area contributed by atoms with Gasteiger partial charge in [-0.1, -0.05) is 24.3 Å². The summed E-state index contributed by atoms with van der Waals surface area (Å²) in [5, 5.41) is 50.1. The fourth-order valence-corrected chi connectivity index (χ4v) is 5.89. The zero-order valence-corrected chi connectivity index (χ0v) is 35.2. The van der Waals surface area contributed by atoms with Crippen LogP contribution in [0.5, 0.6) is 0 Å². The summed E-state index contributed by atoms with van der Waals surface area (Å²) in [5.74, 6) is -2.73. The molecule has 25 nitrogen and oxygen atoms in total. The summed E-state index contributed by atoms with van der Waals surface area (Å²) in [6.45, 7) is 3.60. The zero-order chi connectivity index (χ0) is 47.1. The Hall–Kier alpha value is -7.32. The van der Waals surface area contributed by atoms with Gasteiger partial charge in [-0.15, -0.1) is 18.9 Å². The summed E-state index contributed by atoms with van der Waals surface area (Å²) >= 11 is 0. The van der Waals surface area contributed by atoms with Crippen LogP contribution in [0.3, 0.4) is 0 Å². The second-order valence-electron chi connectivity index (χ2n) is 13.8. The van der Waals surface area contributed by atoms with E-state index in [9.17, 15) is 59.2 Å². The smallest absolute Gasteiger partial charge is 0.283 e. The maximum Gasteiger partial charge on any atom is 0.283 e. The van der Waals surface area contributed by atoms with E-state index in [0.717, 1.165) is 24.3 Å². The number of rotatable bonds is 28. The van der Waals surface area contributed by atoms with E-state index in [1.807, 2.05) is 9.80 Å². The first-order valence-corrected chi connectivity index (χ1v) is 20.2. The first-order valence-electron chi connectivity index (χ1n) is 20.2. The molecular weight excluding hydrogens is 860 g/mol. The molecular formula is C40H52N10O15. The lowest BCUT2D eigenvalue weighted by molar-refractivity contribution is 0.00731. The second-order valence-corrected chi connectivity index (χ2v) is 13.8. The number of hydrogen-bond acceptors (Lipinski definition) is 17. The van der Waals surface area contributed by atoms with E-state index in [2.05, 4.69) is 21.3 Å². The van der Waals surface area contributed by atoms with Crippen LogP contribution in [-0.2, 0) is 14.2 Å². The first kappa shape index (κ1) is 50.3. The highest BCUT2D eigenvalue weighted by molar-refractivity contribution is 5.93. The Morgan fingerprint density at radius 3 is 0.862 bits per heavy atom. The van der Waals surface area contributed by atoms with E-state index in [1.165, 1.54) is 48.5 Å². The van der Waals surface area contributed by atoms with Gasteiger partial charge in [0.05, 0.1) is 39.6 Å². The molecule has 352 valence electrons. The third-order valence-corrected chi connectivity index (χ3v) is 9.35. The molecule has 0 aliphatic rings. The minimum Gasteiger partial charge on any atom is -0.425 e. The zero-order valence-electron chi connectivity index (χ0n) is 35.2. The topological polar surface area (TPSA) is 319 Å². The molecule has 0 unspecified atom stereocenters. The number of nitrogens with one attached hydrogen (secondary N) is 4. The minimum absolute atomic E-state index is 0.102. The lowest BCUT2D eigenvalue weighted by atomic mass is 10.3. The molecule has 0 saturated heterocycles. The lowest BCUT2D eigenvalue weighted by Gasteiger charge is -2.23. The van der Waals surface area contributed by atoms with Crippen molar-refractivity contribution in [1.29, 1.82) is 0 Å².